The van der Waals surface area contributed by atoms with Crippen LogP contribution in [-0.2, 0) is 18.3 Å². The topological polar surface area (TPSA) is 102 Å². The molecule has 0 radical (unpaired) electrons. The number of fused-ring (bicyclic) bond motifs is 1. The summed E-state index contributed by atoms with van der Waals surface area (Å²) in [5, 5.41) is 11.9. The lowest BCUT2D eigenvalue weighted by atomic mass is 9.99. The van der Waals surface area contributed by atoms with Crippen LogP contribution in [0, 0.1) is 6.92 Å². The van der Waals surface area contributed by atoms with Crippen LogP contribution in [0.5, 0.6) is 0 Å². The number of rotatable bonds is 7. The van der Waals surface area contributed by atoms with Gasteiger partial charge in [0.2, 0.25) is 5.91 Å². The first kappa shape index (κ1) is 24.3. The maximum atomic E-state index is 13.3. The van der Waals surface area contributed by atoms with E-state index in [9.17, 15) is 9.59 Å². The van der Waals surface area contributed by atoms with Gasteiger partial charge in [-0.25, -0.2) is 4.98 Å². The smallest absolute Gasteiger partial charge is 0.252 e. The molecule has 0 bridgehead atoms. The summed E-state index contributed by atoms with van der Waals surface area (Å²) in [5.74, 6) is -0.294. The van der Waals surface area contributed by atoms with Gasteiger partial charge in [0.05, 0.1) is 41.6 Å². The quantitative estimate of drug-likeness (QED) is 0.318. The number of aryl methyl sites for hydroxylation is 2. The number of thiazole rings is 1. The third-order valence-electron chi connectivity index (χ3n) is 6.16. The highest BCUT2D eigenvalue weighted by Gasteiger charge is 2.18. The molecule has 5 rings (SSSR count). The fourth-order valence-electron chi connectivity index (χ4n) is 4.35. The summed E-state index contributed by atoms with van der Waals surface area (Å²) in [6.45, 7) is 3.85. The average molecular weight is 511 g/mol. The lowest BCUT2D eigenvalue weighted by Crippen LogP contribution is -2.27. The summed E-state index contributed by atoms with van der Waals surface area (Å²) in [6, 6.07) is 15.2. The number of hydrogen-bond donors (Lipinski definition) is 2. The van der Waals surface area contributed by atoms with Crippen LogP contribution in [0.3, 0.4) is 0 Å². The molecule has 0 spiro atoms. The zero-order chi connectivity index (χ0) is 25.9. The molecular formula is C28H26N6O2S. The Balaban J connectivity index is 1.35. The fourth-order valence-corrected chi connectivity index (χ4v) is 4.88. The Kier molecular flexibility index (Phi) is 6.78. The van der Waals surface area contributed by atoms with Crippen molar-refractivity contribution in [3.05, 3.63) is 94.9 Å². The van der Waals surface area contributed by atoms with Gasteiger partial charge in [-0.3, -0.25) is 19.3 Å². The second-order valence-corrected chi connectivity index (χ2v) is 9.84. The zero-order valence-corrected chi connectivity index (χ0v) is 21.5. The van der Waals surface area contributed by atoms with E-state index in [1.54, 1.807) is 28.7 Å². The first-order chi connectivity index (χ1) is 17.9. The predicted molar refractivity (Wildman–Crippen MR) is 145 cm³/mol. The van der Waals surface area contributed by atoms with Crippen LogP contribution in [-0.4, -0.2) is 31.6 Å². The number of amides is 2. The molecule has 2 N–H and O–H groups in total. The van der Waals surface area contributed by atoms with Gasteiger partial charge in [0.25, 0.3) is 5.91 Å². The van der Waals surface area contributed by atoms with Gasteiger partial charge in [0.1, 0.15) is 5.00 Å². The summed E-state index contributed by atoms with van der Waals surface area (Å²) in [4.78, 5) is 34.4. The minimum absolute atomic E-state index is 0.122. The van der Waals surface area contributed by atoms with E-state index in [-0.39, 0.29) is 24.3 Å². The van der Waals surface area contributed by atoms with Crippen LogP contribution in [0.15, 0.2) is 72.6 Å². The van der Waals surface area contributed by atoms with Crippen molar-refractivity contribution in [1.82, 2.24) is 25.1 Å². The predicted octanol–water partition coefficient (Wildman–Crippen LogP) is 5.07. The molecular weight excluding hydrogens is 484 g/mol. The standard InChI is InChI=1S/C28H26N6O2S/c1-17-10-19(11-26(35)33-27-14-29-16-37-27)8-9-21(17)28(36)31-18(2)23-12-25(20-13-30-34(3)15-20)32-24-7-5-4-6-22(23)24/h4-10,12-16,18H,11H2,1-3H3,(H,31,36)(H,33,35)/t18-/m1/s1. The van der Waals surface area contributed by atoms with E-state index in [0.29, 0.717) is 10.6 Å². The Labute approximate surface area is 218 Å². The summed E-state index contributed by atoms with van der Waals surface area (Å²) in [5.41, 5.74) is 7.45. The van der Waals surface area contributed by atoms with Crippen molar-refractivity contribution in [2.24, 2.45) is 7.05 Å². The Hall–Kier alpha value is -4.37. The molecule has 2 amide bonds. The molecule has 1 atom stereocenters. The number of hydrogen-bond acceptors (Lipinski definition) is 6. The van der Waals surface area contributed by atoms with Crippen LogP contribution >= 0.6 is 11.3 Å². The summed E-state index contributed by atoms with van der Waals surface area (Å²) >= 11 is 1.37. The lowest BCUT2D eigenvalue weighted by molar-refractivity contribution is -0.115. The van der Waals surface area contributed by atoms with Gasteiger partial charge in [-0.05, 0) is 48.7 Å². The van der Waals surface area contributed by atoms with Crippen molar-refractivity contribution in [2.45, 2.75) is 26.3 Å². The number of nitrogens with one attached hydrogen (secondary N) is 2. The van der Waals surface area contributed by atoms with Gasteiger partial charge >= 0.3 is 0 Å². The highest BCUT2D eigenvalue weighted by atomic mass is 32.1. The van der Waals surface area contributed by atoms with Crippen LogP contribution in [0.2, 0.25) is 0 Å². The maximum absolute atomic E-state index is 13.3. The fraction of sp³-hybridized carbons (Fsp3) is 0.179. The van der Waals surface area contributed by atoms with E-state index in [2.05, 4.69) is 20.7 Å². The van der Waals surface area contributed by atoms with Gasteiger partial charge in [0.15, 0.2) is 0 Å². The Morgan fingerprint density at radius 3 is 2.68 bits per heavy atom. The van der Waals surface area contributed by atoms with Crippen LogP contribution in [0.25, 0.3) is 22.2 Å². The van der Waals surface area contributed by atoms with Gasteiger partial charge in [0, 0.05) is 29.8 Å². The minimum atomic E-state index is -0.264. The number of nitrogens with zero attached hydrogens (tertiary/aromatic N) is 4. The van der Waals surface area contributed by atoms with E-state index in [4.69, 9.17) is 4.98 Å². The molecule has 8 nitrogen and oxygen atoms in total. The second-order valence-electron chi connectivity index (χ2n) is 8.95. The third-order valence-corrected chi connectivity index (χ3v) is 6.85. The molecule has 0 aliphatic heterocycles. The number of aromatic nitrogens is 4. The Morgan fingerprint density at radius 2 is 1.95 bits per heavy atom. The largest absolute Gasteiger partial charge is 0.345 e. The average Bonchev–Trinajstić information content (AvgIpc) is 3.55. The lowest BCUT2D eigenvalue weighted by Gasteiger charge is -2.18. The first-order valence-electron chi connectivity index (χ1n) is 11.8. The molecule has 3 heterocycles. The molecule has 0 aliphatic carbocycles. The highest BCUT2D eigenvalue weighted by Crippen LogP contribution is 2.29. The van der Waals surface area contributed by atoms with E-state index >= 15 is 0 Å². The number of pyridine rings is 1. The van der Waals surface area contributed by atoms with Gasteiger partial charge in [-0.2, -0.15) is 5.10 Å². The van der Waals surface area contributed by atoms with Crippen molar-refractivity contribution < 1.29 is 9.59 Å². The summed E-state index contributed by atoms with van der Waals surface area (Å²) < 4.78 is 1.74. The number of para-hydroxylation sites is 1. The monoisotopic (exact) mass is 510 g/mol. The molecule has 0 unspecified atom stereocenters. The number of benzene rings is 2. The summed E-state index contributed by atoms with van der Waals surface area (Å²) in [6.07, 6.45) is 5.55. The molecule has 0 aliphatic rings. The summed E-state index contributed by atoms with van der Waals surface area (Å²) in [7, 11) is 1.87. The first-order valence-corrected chi connectivity index (χ1v) is 12.7. The number of carbonyl (C=O) groups is 2. The highest BCUT2D eigenvalue weighted by molar-refractivity contribution is 7.13. The number of anilines is 1. The zero-order valence-electron chi connectivity index (χ0n) is 20.7. The molecule has 37 heavy (non-hydrogen) atoms. The minimum Gasteiger partial charge on any atom is -0.345 e. The van der Waals surface area contributed by atoms with Crippen molar-refractivity contribution in [3.8, 4) is 11.3 Å². The maximum Gasteiger partial charge on any atom is 0.252 e. The van der Waals surface area contributed by atoms with Crippen molar-refractivity contribution in [3.63, 3.8) is 0 Å². The molecule has 0 fully saturated rings. The molecule has 2 aromatic carbocycles. The van der Waals surface area contributed by atoms with Crippen molar-refractivity contribution >= 4 is 39.1 Å². The molecule has 3 aromatic heterocycles. The Bertz CT molecular complexity index is 1590. The molecule has 9 heteroatoms. The normalized spacial score (nSPS) is 11.9. The number of carbonyl (C=O) groups excluding carboxylic acids is 2. The van der Waals surface area contributed by atoms with Gasteiger partial charge < -0.3 is 10.6 Å². The van der Waals surface area contributed by atoms with Crippen LogP contribution in [0.4, 0.5) is 5.00 Å². The molecule has 0 saturated carbocycles. The third kappa shape index (κ3) is 5.41. The van der Waals surface area contributed by atoms with Crippen molar-refractivity contribution in [1.29, 1.82) is 0 Å². The van der Waals surface area contributed by atoms with E-state index < -0.39 is 0 Å². The second kappa shape index (κ2) is 10.3. The van der Waals surface area contributed by atoms with Crippen molar-refractivity contribution in [2.75, 3.05) is 5.32 Å². The molecule has 0 saturated heterocycles. The van der Waals surface area contributed by atoms with E-state index in [0.717, 1.165) is 38.9 Å². The Morgan fingerprint density at radius 1 is 1.11 bits per heavy atom. The van der Waals surface area contributed by atoms with E-state index in [1.165, 1.54) is 11.3 Å². The van der Waals surface area contributed by atoms with Crippen LogP contribution in [0.1, 0.15) is 40.0 Å². The molecule has 186 valence electrons. The van der Waals surface area contributed by atoms with Gasteiger partial charge in [-0.15, -0.1) is 11.3 Å². The SMILES string of the molecule is Cc1cc(CC(=O)Nc2cncs2)ccc1C(=O)N[C@H](C)c1cc(-c2cnn(C)c2)nc2ccccc12. The van der Waals surface area contributed by atoms with Crippen LogP contribution < -0.4 is 10.6 Å². The van der Waals surface area contributed by atoms with E-state index in [1.807, 2.05) is 69.6 Å². The molecule has 5 aromatic rings. The van der Waals surface area contributed by atoms with Gasteiger partial charge in [-0.1, -0.05) is 30.3 Å².